The van der Waals surface area contributed by atoms with Crippen LogP contribution >= 0.6 is 0 Å². The number of aryl methyl sites for hydroxylation is 1. The molecule has 0 atom stereocenters. The van der Waals surface area contributed by atoms with E-state index in [1.165, 1.54) is 22.4 Å². The highest BCUT2D eigenvalue weighted by Crippen LogP contribution is 2.25. The van der Waals surface area contributed by atoms with Gasteiger partial charge < -0.3 is 10.0 Å². The first kappa shape index (κ1) is 13.2. The molecule has 0 aromatic heterocycles. The summed E-state index contributed by atoms with van der Waals surface area (Å²) in [6.07, 6.45) is 2.16. The molecular formula is C18H21NO. The van der Waals surface area contributed by atoms with Gasteiger partial charge >= 0.3 is 0 Å². The van der Waals surface area contributed by atoms with Crippen molar-refractivity contribution in [3.63, 3.8) is 0 Å². The molecule has 0 bridgehead atoms. The van der Waals surface area contributed by atoms with Crippen LogP contribution in [0.5, 0.6) is 0 Å². The Morgan fingerprint density at radius 2 is 1.65 bits per heavy atom. The first-order chi connectivity index (χ1) is 9.78. The normalized spacial score (nSPS) is 14.8. The summed E-state index contributed by atoms with van der Waals surface area (Å²) in [5.74, 6) is 0. The molecular weight excluding hydrogens is 246 g/mol. The van der Waals surface area contributed by atoms with Crippen LogP contribution in [0.3, 0.4) is 0 Å². The fraction of sp³-hybridized carbons (Fsp3) is 0.333. The van der Waals surface area contributed by atoms with Crippen LogP contribution in [0.4, 0.5) is 5.69 Å². The predicted molar refractivity (Wildman–Crippen MR) is 83.2 cm³/mol. The molecule has 1 N–H and O–H groups in total. The molecule has 0 fully saturated rings. The lowest BCUT2D eigenvalue weighted by atomic mass is 10.0. The molecule has 2 nitrogen and oxygen atoms in total. The van der Waals surface area contributed by atoms with Gasteiger partial charge in [-0.3, -0.25) is 0 Å². The molecule has 0 aliphatic carbocycles. The van der Waals surface area contributed by atoms with Gasteiger partial charge in [0.05, 0.1) is 6.61 Å². The number of hydrogen-bond acceptors (Lipinski definition) is 2. The van der Waals surface area contributed by atoms with Crippen molar-refractivity contribution in [2.24, 2.45) is 0 Å². The average Bonchev–Trinajstić information content (AvgIpc) is 2.70. The van der Waals surface area contributed by atoms with Gasteiger partial charge in [0.2, 0.25) is 0 Å². The Kier molecular flexibility index (Phi) is 3.75. The Hall–Kier alpha value is -1.80. The molecule has 0 amide bonds. The van der Waals surface area contributed by atoms with Gasteiger partial charge in [0.15, 0.2) is 0 Å². The van der Waals surface area contributed by atoms with Crippen molar-refractivity contribution in [2.45, 2.75) is 26.4 Å². The third-order valence-electron chi connectivity index (χ3n) is 4.17. The lowest BCUT2D eigenvalue weighted by molar-refractivity contribution is 0.282. The molecule has 0 spiro atoms. The van der Waals surface area contributed by atoms with E-state index in [-0.39, 0.29) is 6.61 Å². The maximum absolute atomic E-state index is 9.59. The number of aliphatic hydroxyl groups is 1. The Morgan fingerprint density at radius 3 is 2.25 bits per heavy atom. The molecule has 0 unspecified atom stereocenters. The van der Waals surface area contributed by atoms with Gasteiger partial charge in [-0.25, -0.2) is 0 Å². The van der Waals surface area contributed by atoms with Crippen molar-refractivity contribution in [3.8, 4) is 0 Å². The zero-order valence-corrected chi connectivity index (χ0v) is 12.0. The molecule has 2 heteroatoms. The van der Waals surface area contributed by atoms with E-state index in [0.29, 0.717) is 0 Å². The second kappa shape index (κ2) is 5.68. The summed E-state index contributed by atoms with van der Waals surface area (Å²) in [6, 6.07) is 15.1. The van der Waals surface area contributed by atoms with Crippen LogP contribution in [0.25, 0.3) is 0 Å². The lowest BCUT2D eigenvalue weighted by Crippen LogP contribution is -2.27. The Bertz CT molecular complexity index is 579. The van der Waals surface area contributed by atoms with Crippen LogP contribution < -0.4 is 4.90 Å². The number of nitrogens with zero attached hydrogens (tertiary/aromatic N) is 1. The summed E-state index contributed by atoms with van der Waals surface area (Å²) < 4.78 is 0. The number of rotatable bonds is 2. The SMILES string of the molecule is Cc1ccc(N2CCc3ccccc3CC2)c(CO)c1. The van der Waals surface area contributed by atoms with Crippen LogP contribution in [0, 0.1) is 6.92 Å². The molecule has 0 saturated heterocycles. The number of fused-ring (bicyclic) bond motifs is 1. The van der Waals surface area contributed by atoms with E-state index in [1.54, 1.807) is 0 Å². The topological polar surface area (TPSA) is 23.5 Å². The molecule has 1 aliphatic rings. The highest BCUT2D eigenvalue weighted by molar-refractivity contribution is 5.55. The quantitative estimate of drug-likeness (QED) is 0.904. The first-order valence-electron chi connectivity index (χ1n) is 7.30. The molecule has 0 radical (unpaired) electrons. The van der Waals surface area contributed by atoms with Gasteiger partial charge in [-0.05, 0) is 37.0 Å². The molecule has 0 saturated carbocycles. The van der Waals surface area contributed by atoms with Crippen molar-refractivity contribution >= 4 is 5.69 Å². The minimum absolute atomic E-state index is 0.112. The van der Waals surface area contributed by atoms with Crippen molar-refractivity contribution in [2.75, 3.05) is 18.0 Å². The molecule has 3 rings (SSSR count). The number of anilines is 1. The predicted octanol–water partition coefficient (Wildman–Crippen LogP) is 3.09. The third-order valence-corrected chi connectivity index (χ3v) is 4.17. The van der Waals surface area contributed by atoms with Crippen molar-refractivity contribution in [3.05, 3.63) is 64.7 Å². The minimum atomic E-state index is 0.112. The Balaban J connectivity index is 1.87. The van der Waals surface area contributed by atoms with E-state index in [2.05, 4.69) is 54.3 Å². The van der Waals surface area contributed by atoms with Crippen molar-refractivity contribution in [1.29, 1.82) is 0 Å². The largest absolute Gasteiger partial charge is 0.392 e. The summed E-state index contributed by atoms with van der Waals surface area (Å²) in [5, 5.41) is 9.59. The molecule has 1 heterocycles. The lowest BCUT2D eigenvalue weighted by Gasteiger charge is -2.25. The van der Waals surface area contributed by atoms with Gasteiger partial charge in [0.25, 0.3) is 0 Å². The van der Waals surface area contributed by atoms with Crippen molar-refractivity contribution in [1.82, 2.24) is 0 Å². The number of aliphatic hydroxyl groups excluding tert-OH is 1. The fourth-order valence-electron chi connectivity index (χ4n) is 3.06. The van der Waals surface area contributed by atoms with Gasteiger partial charge in [0.1, 0.15) is 0 Å². The van der Waals surface area contributed by atoms with Gasteiger partial charge in [-0.15, -0.1) is 0 Å². The summed E-state index contributed by atoms with van der Waals surface area (Å²) in [5.41, 5.74) is 6.36. The first-order valence-corrected chi connectivity index (χ1v) is 7.30. The number of benzene rings is 2. The average molecular weight is 267 g/mol. The van der Waals surface area contributed by atoms with E-state index in [1.807, 2.05) is 0 Å². The zero-order valence-electron chi connectivity index (χ0n) is 12.0. The number of hydrogen-bond donors (Lipinski definition) is 1. The van der Waals surface area contributed by atoms with Gasteiger partial charge in [-0.1, -0.05) is 42.0 Å². The molecule has 2 aromatic carbocycles. The van der Waals surface area contributed by atoms with Gasteiger partial charge in [0, 0.05) is 24.3 Å². The van der Waals surface area contributed by atoms with E-state index in [0.717, 1.165) is 31.5 Å². The van der Waals surface area contributed by atoms with Crippen LogP contribution in [0.1, 0.15) is 22.3 Å². The summed E-state index contributed by atoms with van der Waals surface area (Å²) in [4.78, 5) is 2.41. The van der Waals surface area contributed by atoms with E-state index in [4.69, 9.17) is 0 Å². The van der Waals surface area contributed by atoms with E-state index < -0.39 is 0 Å². The van der Waals surface area contributed by atoms with Gasteiger partial charge in [-0.2, -0.15) is 0 Å². The Labute approximate surface area is 120 Å². The minimum Gasteiger partial charge on any atom is -0.392 e. The Morgan fingerprint density at radius 1 is 1.00 bits per heavy atom. The van der Waals surface area contributed by atoms with Crippen molar-refractivity contribution < 1.29 is 5.11 Å². The molecule has 20 heavy (non-hydrogen) atoms. The second-order valence-corrected chi connectivity index (χ2v) is 5.55. The van der Waals surface area contributed by atoms with E-state index >= 15 is 0 Å². The fourth-order valence-corrected chi connectivity index (χ4v) is 3.06. The second-order valence-electron chi connectivity index (χ2n) is 5.55. The zero-order chi connectivity index (χ0) is 13.9. The van der Waals surface area contributed by atoms with Crippen LogP contribution in [-0.2, 0) is 19.4 Å². The third kappa shape index (κ3) is 2.56. The maximum atomic E-state index is 9.59. The summed E-state index contributed by atoms with van der Waals surface area (Å²) in [6.45, 7) is 4.22. The highest BCUT2D eigenvalue weighted by Gasteiger charge is 2.16. The maximum Gasteiger partial charge on any atom is 0.0702 e. The monoisotopic (exact) mass is 267 g/mol. The standard InChI is InChI=1S/C18H21NO/c1-14-6-7-18(17(12-14)13-20)19-10-8-15-4-2-3-5-16(15)9-11-19/h2-7,12,20H,8-11,13H2,1H3. The van der Waals surface area contributed by atoms with E-state index in [9.17, 15) is 5.11 Å². The smallest absolute Gasteiger partial charge is 0.0702 e. The van der Waals surface area contributed by atoms with Crippen LogP contribution in [-0.4, -0.2) is 18.2 Å². The summed E-state index contributed by atoms with van der Waals surface area (Å²) in [7, 11) is 0. The molecule has 2 aromatic rings. The summed E-state index contributed by atoms with van der Waals surface area (Å²) >= 11 is 0. The molecule has 1 aliphatic heterocycles. The molecule has 104 valence electrons. The van der Waals surface area contributed by atoms with Crippen LogP contribution in [0.2, 0.25) is 0 Å². The highest BCUT2D eigenvalue weighted by atomic mass is 16.3. The van der Waals surface area contributed by atoms with Crippen LogP contribution in [0.15, 0.2) is 42.5 Å².